The average Bonchev–Trinajstić information content (AvgIpc) is 3.48. The average molecular weight is 1160 g/mol. The van der Waals surface area contributed by atoms with Gasteiger partial charge in [0.05, 0.1) is 5.92 Å². The maximum atomic E-state index is 13.9. The Labute approximate surface area is 515 Å². The molecule has 490 valence electrons. The van der Waals surface area contributed by atoms with Gasteiger partial charge >= 0.3 is 11.9 Å². The van der Waals surface area contributed by atoms with Crippen LogP contribution < -0.4 is 0 Å². The van der Waals surface area contributed by atoms with E-state index in [-0.39, 0.29) is 6.42 Å². The van der Waals surface area contributed by atoms with Crippen molar-refractivity contribution in [2.24, 2.45) is 5.92 Å². The van der Waals surface area contributed by atoms with Crippen LogP contribution >= 0.6 is 0 Å². The zero-order valence-corrected chi connectivity index (χ0v) is 56.7. The Balaban J connectivity index is 5.56. The second kappa shape index (κ2) is 67.4. The van der Waals surface area contributed by atoms with Gasteiger partial charge in [0.15, 0.2) is 5.60 Å². The Morgan fingerprint density at radius 3 is 0.659 bits per heavy atom. The maximum Gasteiger partial charge on any atom is 0.339 e. The molecule has 6 nitrogen and oxygen atoms in total. The quantitative estimate of drug-likeness (QED) is 0.0466. The van der Waals surface area contributed by atoms with Gasteiger partial charge in [0.2, 0.25) is 0 Å². The van der Waals surface area contributed by atoms with Crippen molar-refractivity contribution in [1.29, 1.82) is 0 Å². The van der Waals surface area contributed by atoms with Crippen LogP contribution in [-0.2, 0) is 14.4 Å². The van der Waals surface area contributed by atoms with E-state index < -0.39 is 23.5 Å². The highest BCUT2D eigenvalue weighted by Gasteiger charge is 2.52. The van der Waals surface area contributed by atoms with Gasteiger partial charge in [0.25, 0.3) is 0 Å². The molecule has 2 atom stereocenters. The van der Waals surface area contributed by atoms with Crippen molar-refractivity contribution in [2.75, 3.05) is 13.1 Å². The molecule has 0 aromatic carbocycles. The zero-order valence-electron chi connectivity index (χ0n) is 56.7. The number of carboxylic acid groups (broad SMARTS) is 2. The van der Waals surface area contributed by atoms with E-state index in [1.54, 1.807) is 0 Å². The first-order valence-electron chi connectivity index (χ1n) is 38.3. The van der Waals surface area contributed by atoms with Gasteiger partial charge in [0.1, 0.15) is 0 Å². The van der Waals surface area contributed by atoms with E-state index in [9.17, 15) is 19.8 Å². The van der Waals surface area contributed by atoms with Gasteiger partial charge in [-0.05, 0) is 32.1 Å². The highest BCUT2D eigenvalue weighted by atomic mass is 16.7. The molecule has 2 unspecified atom stereocenters. The van der Waals surface area contributed by atoms with Gasteiger partial charge in [-0.15, -0.1) is 0 Å². The van der Waals surface area contributed by atoms with E-state index in [0.29, 0.717) is 25.9 Å². The number of aliphatic carboxylic acids is 2. The summed E-state index contributed by atoms with van der Waals surface area (Å²) in [5.74, 6) is -3.13. The molecule has 0 saturated heterocycles. The molecule has 6 heteroatoms. The third kappa shape index (κ3) is 55.4. The van der Waals surface area contributed by atoms with Gasteiger partial charge in [-0.3, -0.25) is 9.63 Å². The van der Waals surface area contributed by atoms with Crippen molar-refractivity contribution >= 4 is 11.9 Å². The molecule has 0 saturated carbocycles. The molecule has 0 heterocycles. The van der Waals surface area contributed by atoms with Gasteiger partial charge in [-0.2, -0.15) is 5.06 Å². The normalized spacial score (nSPS) is 12.9. The van der Waals surface area contributed by atoms with Crippen LogP contribution in [-0.4, -0.2) is 45.9 Å². The minimum Gasteiger partial charge on any atom is -0.481 e. The summed E-state index contributed by atoms with van der Waals surface area (Å²) in [5.41, 5.74) is -1.75. The first-order valence-corrected chi connectivity index (χ1v) is 38.3. The Morgan fingerprint density at radius 2 is 0.463 bits per heavy atom. The highest BCUT2D eigenvalue weighted by Crippen LogP contribution is 2.36. The lowest BCUT2D eigenvalue weighted by Crippen LogP contribution is -2.55. The van der Waals surface area contributed by atoms with E-state index in [4.69, 9.17) is 4.84 Å². The van der Waals surface area contributed by atoms with Crippen LogP contribution in [0.25, 0.3) is 0 Å². The van der Waals surface area contributed by atoms with Crippen molar-refractivity contribution in [3.05, 3.63) is 0 Å². The fourth-order valence-corrected chi connectivity index (χ4v) is 13.1. The molecule has 0 aromatic rings. The van der Waals surface area contributed by atoms with E-state index in [2.05, 4.69) is 27.7 Å². The number of rotatable bonds is 73. The van der Waals surface area contributed by atoms with E-state index in [0.717, 1.165) is 57.8 Å². The number of hydrogen-bond donors (Lipinski definition) is 2. The number of carboxylic acids is 2. The summed E-state index contributed by atoms with van der Waals surface area (Å²) in [7, 11) is 0. The molecular formula is C76H151NO5. The lowest BCUT2D eigenvalue weighted by Gasteiger charge is -2.39. The second-order valence-electron chi connectivity index (χ2n) is 26.9. The van der Waals surface area contributed by atoms with E-state index in [1.807, 2.05) is 5.06 Å². The number of nitrogens with zero attached hydrogens (tertiary/aromatic N) is 1. The Hall–Kier alpha value is -1.14. The molecular weight excluding hydrogens is 1010 g/mol. The van der Waals surface area contributed by atoms with Gasteiger partial charge < -0.3 is 10.2 Å². The van der Waals surface area contributed by atoms with Crippen LogP contribution in [0, 0.1) is 5.92 Å². The van der Waals surface area contributed by atoms with Crippen molar-refractivity contribution < 1.29 is 24.6 Å². The Bertz CT molecular complexity index is 1210. The lowest BCUT2D eigenvalue weighted by atomic mass is 9.79. The van der Waals surface area contributed by atoms with Crippen LogP contribution in [0.1, 0.15) is 451 Å². The molecule has 0 aliphatic carbocycles. The lowest BCUT2D eigenvalue weighted by molar-refractivity contribution is -0.269. The molecule has 0 radical (unpaired) electrons. The largest absolute Gasteiger partial charge is 0.481 e. The molecule has 0 fully saturated rings. The minimum absolute atomic E-state index is 0.269. The van der Waals surface area contributed by atoms with Crippen LogP contribution in [0.4, 0.5) is 0 Å². The van der Waals surface area contributed by atoms with Crippen molar-refractivity contribution in [3.63, 3.8) is 0 Å². The molecule has 0 aliphatic rings. The second-order valence-corrected chi connectivity index (χ2v) is 26.9. The van der Waals surface area contributed by atoms with Crippen LogP contribution in [0.5, 0.6) is 0 Å². The smallest absolute Gasteiger partial charge is 0.339 e. The number of hydrogen-bond acceptors (Lipinski definition) is 4. The molecule has 0 amide bonds. The number of unbranched alkanes of at least 4 members (excludes halogenated alkanes) is 60. The molecule has 2 N–H and O–H groups in total. The van der Waals surface area contributed by atoms with Gasteiger partial charge in [-0.1, -0.05) is 419 Å². The summed E-state index contributed by atoms with van der Waals surface area (Å²) in [6, 6.07) is 0. The van der Waals surface area contributed by atoms with Gasteiger partial charge in [-0.25, -0.2) is 4.79 Å². The fourth-order valence-electron chi connectivity index (χ4n) is 13.1. The first kappa shape index (κ1) is 80.9. The summed E-state index contributed by atoms with van der Waals surface area (Å²) in [4.78, 5) is 34.3. The summed E-state index contributed by atoms with van der Waals surface area (Å²) in [5, 5.41) is 24.4. The first-order chi connectivity index (χ1) is 40.4. The maximum absolute atomic E-state index is 13.9. The predicted molar refractivity (Wildman–Crippen MR) is 362 cm³/mol. The van der Waals surface area contributed by atoms with Crippen molar-refractivity contribution in [2.45, 2.75) is 457 Å². The zero-order chi connectivity index (χ0) is 59.6. The predicted octanol–water partition coefficient (Wildman–Crippen LogP) is 26.6. The minimum atomic E-state index is -1.75. The standard InChI is InChI=1S/C76H151NO5/c1-5-9-13-17-21-25-29-33-37-41-45-49-53-57-61-65-69-73(74(78)79)76(75(80)81,70-66-62-58-54-50-46-42-38-34-30-26-22-18-14-10-6-2)82-77(71-67-63-59-55-51-47-43-39-35-31-27-23-19-15-11-7-3)72-68-64-60-56-52-48-44-40-36-32-28-24-20-16-12-8-4/h73H,5-72H2,1-4H3,(H,78,79)(H,80,81). The fraction of sp³-hybridized carbons (Fsp3) is 0.974. The summed E-state index contributed by atoms with van der Waals surface area (Å²) >= 11 is 0. The Morgan fingerprint density at radius 1 is 0.280 bits per heavy atom. The molecule has 0 aliphatic heterocycles. The summed E-state index contributed by atoms with van der Waals surface area (Å²) in [6.07, 6.45) is 83.1. The summed E-state index contributed by atoms with van der Waals surface area (Å²) in [6.45, 7) is 10.5. The highest BCUT2D eigenvalue weighted by molar-refractivity contribution is 5.85. The van der Waals surface area contributed by atoms with Crippen LogP contribution in [0.15, 0.2) is 0 Å². The number of carbonyl (C=O) groups is 2. The molecule has 0 aromatic heterocycles. The van der Waals surface area contributed by atoms with Crippen LogP contribution in [0.2, 0.25) is 0 Å². The third-order valence-corrected chi connectivity index (χ3v) is 18.8. The third-order valence-electron chi connectivity index (χ3n) is 18.8. The van der Waals surface area contributed by atoms with E-state index in [1.165, 1.54) is 347 Å². The van der Waals surface area contributed by atoms with Crippen molar-refractivity contribution in [3.8, 4) is 0 Å². The van der Waals surface area contributed by atoms with Crippen LogP contribution in [0.3, 0.4) is 0 Å². The molecule has 0 rings (SSSR count). The van der Waals surface area contributed by atoms with Gasteiger partial charge in [0, 0.05) is 13.1 Å². The summed E-state index contributed by atoms with van der Waals surface area (Å²) < 4.78 is 0. The topological polar surface area (TPSA) is 87.1 Å². The Kier molecular flexibility index (Phi) is 66.4. The molecule has 0 bridgehead atoms. The molecule has 82 heavy (non-hydrogen) atoms. The molecule has 0 spiro atoms. The van der Waals surface area contributed by atoms with E-state index >= 15 is 0 Å². The SMILES string of the molecule is CCCCCCCCCCCCCCCCCCC(C(=O)O)C(CCCCCCCCCCCCCCCCCC)(ON(CCCCCCCCCCCCCCCCCC)CCCCCCCCCCCCCCCCCC)C(=O)O. The monoisotopic (exact) mass is 1160 g/mol. The van der Waals surface area contributed by atoms with Crippen molar-refractivity contribution in [1.82, 2.24) is 5.06 Å². The number of hydroxylamine groups is 2.